The molecular formula is C21H23NO2. The highest BCUT2D eigenvalue weighted by Crippen LogP contribution is 2.35. The summed E-state index contributed by atoms with van der Waals surface area (Å²) in [5, 5.41) is 1.06. The number of pyridine rings is 1. The Bertz CT molecular complexity index is 879. The number of fused-ring (bicyclic) bond motifs is 1. The molecule has 0 saturated carbocycles. The van der Waals surface area contributed by atoms with E-state index in [4.69, 9.17) is 14.5 Å². The minimum Gasteiger partial charge on any atom is -0.496 e. The summed E-state index contributed by atoms with van der Waals surface area (Å²) in [5.74, 6) is 1.60. The normalized spacial score (nSPS) is 11.5. The second-order valence-corrected chi connectivity index (χ2v) is 6.89. The van der Waals surface area contributed by atoms with Crippen molar-refractivity contribution in [1.82, 2.24) is 4.98 Å². The summed E-state index contributed by atoms with van der Waals surface area (Å²) in [6.07, 6.45) is 0. The molecule has 0 bridgehead atoms. The Kier molecular flexibility index (Phi) is 4.18. The van der Waals surface area contributed by atoms with Gasteiger partial charge in [-0.05, 0) is 35.2 Å². The van der Waals surface area contributed by atoms with Gasteiger partial charge in [-0.1, -0.05) is 45.0 Å². The Balaban J connectivity index is 2.22. The fourth-order valence-corrected chi connectivity index (χ4v) is 2.81. The lowest BCUT2D eigenvalue weighted by atomic mass is 9.85. The summed E-state index contributed by atoms with van der Waals surface area (Å²) in [6.45, 7) is 6.61. The van der Waals surface area contributed by atoms with Gasteiger partial charge in [0.2, 0.25) is 0 Å². The lowest BCUT2D eigenvalue weighted by molar-refractivity contribution is 0.415. The molecule has 3 rings (SSSR count). The number of ether oxygens (including phenoxy) is 2. The first kappa shape index (κ1) is 16.3. The molecule has 0 unspecified atom stereocenters. The number of hydrogen-bond donors (Lipinski definition) is 0. The van der Waals surface area contributed by atoms with Crippen molar-refractivity contribution < 1.29 is 9.47 Å². The van der Waals surface area contributed by atoms with E-state index in [-0.39, 0.29) is 5.41 Å². The van der Waals surface area contributed by atoms with Crippen LogP contribution in [0, 0.1) is 0 Å². The molecule has 124 valence electrons. The molecule has 3 heteroatoms. The van der Waals surface area contributed by atoms with Crippen LogP contribution in [0.25, 0.3) is 22.2 Å². The Morgan fingerprint density at radius 2 is 1.58 bits per heavy atom. The second-order valence-electron chi connectivity index (χ2n) is 6.89. The summed E-state index contributed by atoms with van der Waals surface area (Å²) in [6, 6.07) is 16.4. The number of para-hydroxylation sites is 1. The van der Waals surface area contributed by atoms with Crippen LogP contribution in [0.5, 0.6) is 11.5 Å². The van der Waals surface area contributed by atoms with Gasteiger partial charge >= 0.3 is 0 Å². The first-order chi connectivity index (χ1) is 11.4. The fourth-order valence-electron chi connectivity index (χ4n) is 2.81. The molecule has 1 heterocycles. The number of benzene rings is 2. The highest BCUT2D eigenvalue weighted by molar-refractivity contribution is 5.87. The number of nitrogens with zero attached hydrogens (tertiary/aromatic N) is 1. The van der Waals surface area contributed by atoms with Gasteiger partial charge in [0.15, 0.2) is 0 Å². The molecule has 0 saturated heterocycles. The van der Waals surface area contributed by atoms with Gasteiger partial charge in [-0.2, -0.15) is 0 Å². The molecule has 0 radical (unpaired) electrons. The van der Waals surface area contributed by atoms with Gasteiger partial charge in [0.25, 0.3) is 0 Å². The quantitative estimate of drug-likeness (QED) is 0.663. The topological polar surface area (TPSA) is 31.4 Å². The van der Waals surface area contributed by atoms with Crippen molar-refractivity contribution in [3.8, 4) is 22.8 Å². The summed E-state index contributed by atoms with van der Waals surface area (Å²) in [4.78, 5) is 4.84. The largest absolute Gasteiger partial charge is 0.496 e. The lowest BCUT2D eigenvalue weighted by Gasteiger charge is -2.21. The highest BCUT2D eigenvalue weighted by atomic mass is 16.5. The number of methoxy groups -OCH3 is 2. The van der Waals surface area contributed by atoms with Crippen LogP contribution in [0.15, 0.2) is 48.5 Å². The molecule has 0 N–H and O–H groups in total. The first-order valence-corrected chi connectivity index (χ1v) is 8.06. The summed E-state index contributed by atoms with van der Waals surface area (Å²) in [5.41, 5.74) is 4.06. The standard InChI is InChI=1S/C21H23NO2/c1-21(2,3)15-10-12-18(23-4)16(13-15)17-11-9-14-7-6-8-19(24-5)20(14)22-17/h6-13H,1-5H3. The van der Waals surface area contributed by atoms with Gasteiger partial charge in [-0.25, -0.2) is 4.98 Å². The molecular weight excluding hydrogens is 298 g/mol. The average Bonchev–Trinajstić information content (AvgIpc) is 2.59. The van der Waals surface area contributed by atoms with E-state index < -0.39 is 0 Å². The predicted octanol–water partition coefficient (Wildman–Crippen LogP) is 5.22. The Morgan fingerprint density at radius 3 is 2.25 bits per heavy atom. The van der Waals surface area contributed by atoms with Gasteiger partial charge in [0.05, 0.1) is 19.9 Å². The second kappa shape index (κ2) is 6.16. The van der Waals surface area contributed by atoms with Crippen molar-refractivity contribution in [3.05, 3.63) is 54.1 Å². The Hall–Kier alpha value is -2.55. The van der Waals surface area contributed by atoms with Crippen LogP contribution in [0.1, 0.15) is 26.3 Å². The molecule has 1 aromatic heterocycles. The van der Waals surface area contributed by atoms with Crippen molar-refractivity contribution in [2.45, 2.75) is 26.2 Å². The Labute approximate surface area is 143 Å². The molecule has 0 spiro atoms. The Morgan fingerprint density at radius 1 is 0.833 bits per heavy atom. The van der Waals surface area contributed by atoms with Gasteiger partial charge in [-0.15, -0.1) is 0 Å². The molecule has 0 amide bonds. The van der Waals surface area contributed by atoms with Gasteiger partial charge in [-0.3, -0.25) is 0 Å². The van der Waals surface area contributed by atoms with Crippen molar-refractivity contribution >= 4 is 10.9 Å². The zero-order valence-corrected chi connectivity index (χ0v) is 14.9. The third-order valence-electron chi connectivity index (χ3n) is 4.24. The van der Waals surface area contributed by atoms with Crippen LogP contribution in [0.3, 0.4) is 0 Å². The molecule has 0 aliphatic carbocycles. The van der Waals surface area contributed by atoms with E-state index in [9.17, 15) is 0 Å². The third-order valence-corrected chi connectivity index (χ3v) is 4.24. The van der Waals surface area contributed by atoms with Gasteiger partial charge < -0.3 is 9.47 Å². The molecule has 3 nitrogen and oxygen atoms in total. The third kappa shape index (κ3) is 2.94. The minimum absolute atomic E-state index is 0.0650. The van der Waals surface area contributed by atoms with E-state index in [1.807, 2.05) is 30.3 Å². The van der Waals surface area contributed by atoms with Crippen molar-refractivity contribution in [2.24, 2.45) is 0 Å². The summed E-state index contributed by atoms with van der Waals surface area (Å²) in [7, 11) is 3.36. The molecule has 0 fully saturated rings. The van der Waals surface area contributed by atoms with E-state index in [2.05, 4.69) is 39.0 Å². The first-order valence-electron chi connectivity index (χ1n) is 8.06. The zero-order valence-electron chi connectivity index (χ0n) is 14.9. The predicted molar refractivity (Wildman–Crippen MR) is 99.0 cm³/mol. The van der Waals surface area contributed by atoms with Crippen LogP contribution in [0.2, 0.25) is 0 Å². The molecule has 0 aliphatic rings. The number of rotatable bonds is 3. The summed E-state index contributed by atoms with van der Waals surface area (Å²) >= 11 is 0. The van der Waals surface area contributed by atoms with Crippen molar-refractivity contribution in [3.63, 3.8) is 0 Å². The molecule has 3 aromatic rings. The van der Waals surface area contributed by atoms with Crippen LogP contribution in [-0.2, 0) is 5.41 Å². The van der Waals surface area contributed by atoms with E-state index >= 15 is 0 Å². The van der Waals surface area contributed by atoms with Crippen LogP contribution >= 0.6 is 0 Å². The minimum atomic E-state index is 0.0650. The number of hydrogen-bond acceptors (Lipinski definition) is 3. The van der Waals surface area contributed by atoms with Crippen LogP contribution in [0.4, 0.5) is 0 Å². The highest BCUT2D eigenvalue weighted by Gasteiger charge is 2.17. The van der Waals surface area contributed by atoms with Crippen LogP contribution < -0.4 is 9.47 Å². The van der Waals surface area contributed by atoms with E-state index in [1.165, 1.54) is 5.56 Å². The average molecular weight is 321 g/mol. The fraction of sp³-hybridized carbons (Fsp3) is 0.286. The van der Waals surface area contributed by atoms with Crippen LogP contribution in [-0.4, -0.2) is 19.2 Å². The maximum atomic E-state index is 5.56. The van der Waals surface area contributed by atoms with E-state index in [1.54, 1.807) is 14.2 Å². The smallest absolute Gasteiger partial charge is 0.145 e. The number of aromatic nitrogens is 1. The summed E-state index contributed by atoms with van der Waals surface area (Å²) < 4.78 is 11.0. The molecule has 0 atom stereocenters. The van der Waals surface area contributed by atoms with E-state index in [0.717, 1.165) is 33.7 Å². The van der Waals surface area contributed by atoms with Crippen molar-refractivity contribution in [2.75, 3.05) is 14.2 Å². The zero-order chi connectivity index (χ0) is 17.3. The van der Waals surface area contributed by atoms with Crippen molar-refractivity contribution in [1.29, 1.82) is 0 Å². The SMILES string of the molecule is COc1ccc(C(C)(C)C)cc1-c1ccc2cccc(OC)c2n1. The van der Waals surface area contributed by atoms with E-state index in [0.29, 0.717) is 0 Å². The maximum absolute atomic E-state index is 5.56. The van der Waals surface area contributed by atoms with Gasteiger partial charge in [0.1, 0.15) is 17.0 Å². The lowest BCUT2D eigenvalue weighted by Crippen LogP contribution is -2.11. The maximum Gasteiger partial charge on any atom is 0.145 e. The monoisotopic (exact) mass is 321 g/mol. The molecule has 2 aromatic carbocycles. The van der Waals surface area contributed by atoms with Gasteiger partial charge in [0, 0.05) is 10.9 Å². The molecule has 0 aliphatic heterocycles. The molecule has 24 heavy (non-hydrogen) atoms.